The Bertz CT molecular complexity index is 1120. The van der Waals surface area contributed by atoms with Crippen LogP contribution in [0, 0.1) is 5.82 Å². The molecule has 0 amide bonds. The lowest BCUT2D eigenvalue weighted by Gasteiger charge is -2.10. The minimum Gasteiger partial charge on any atom is -0.489 e. The summed E-state index contributed by atoms with van der Waals surface area (Å²) in [6, 6.07) is 11.3. The van der Waals surface area contributed by atoms with Crippen molar-refractivity contribution < 1.29 is 17.5 Å². The average molecular weight is 420 g/mol. The maximum atomic E-state index is 13.0. The van der Waals surface area contributed by atoms with Crippen LogP contribution in [0.25, 0.3) is 11.3 Å². The molecule has 6 nitrogen and oxygen atoms in total. The van der Waals surface area contributed by atoms with Crippen LogP contribution in [0.5, 0.6) is 5.75 Å². The summed E-state index contributed by atoms with van der Waals surface area (Å²) in [5, 5.41) is 0.455. The maximum Gasteiger partial charge on any atom is 0.263 e. The van der Waals surface area contributed by atoms with Gasteiger partial charge in [0.05, 0.1) is 21.7 Å². The normalized spacial score (nSPS) is 13.9. The number of benzene rings is 2. The third-order valence-electron chi connectivity index (χ3n) is 4.08. The molecule has 1 aliphatic carbocycles. The van der Waals surface area contributed by atoms with Crippen molar-refractivity contribution in [3.8, 4) is 17.0 Å². The third kappa shape index (κ3) is 4.23. The van der Waals surface area contributed by atoms with Gasteiger partial charge in [-0.25, -0.2) is 22.8 Å². The van der Waals surface area contributed by atoms with Gasteiger partial charge in [-0.15, -0.1) is 0 Å². The van der Waals surface area contributed by atoms with Crippen LogP contribution in [-0.2, 0) is 10.0 Å². The Kier molecular flexibility index (Phi) is 4.91. The zero-order valence-corrected chi connectivity index (χ0v) is 16.0. The van der Waals surface area contributed by atoms with Gasteiger partial charge in [0, 0.05) is 11.6 Å². The van der Waals surface area contributed by atoms with E-state index in [1.165, 1.54) is 24.5 Å². The fourth-order valence-electron chi connectivity index (χ4n) is 2.50. The molecule has 2 aromatic carbocycles. The first-order valence-corrected chi connectivity index (χ1v) is 10.3. The predicted molar refractivity (Wildman–Crippen MR) is 103 cm³/mol. The second kappa shape index (κ2) is 7.37. The van der Waals surface area contributed by atoms with Gasteiger partial charge in [0.1, 0.15) is 23.7 Å². The zero-order valence-electron chi connectivity index (χ0n) is 14.5. The molecule has 0 spiro atoms. The number of ether oxygens (including phenoxy) is 1. The van der Waals surface area contributed by atoms with Crippen LogP contribution in [0.3, 0.4) is 0 Å². The average Bonchev–Trinajstić information content (AvgIpc) is 3.48. The van der Waals surface area contributed by atoms with E-state index in [2.05, 4.69) is 14.7 Å². The van der Waals surface area contributed by atoms with Crippen LogP contribution in [0.1, 0.15) is 12.8 Å². The molecule has 1 saturated carbocycles. The Labute approximate surface area is 166 Å². The number of aromatic nitrogens is 2. The van der Waals surface area contributed by atoms with E-state index in [4.69, 9.17) is 16.3 Å². The molecule has 0 saturated heterocycles. The number of nitrogens with zero attached hydrogens (tertiary/aromatic N) is 2. The monoisotopic (exact) mass is 419 g/mol. The Hall–Kier alpha value is -2.71. The van der Waals surface area contributed by atoms with E-state index in [1.807, 2.05) is 0 Å². The summed E-state index contributed by atoms with van der Waals surface area (Å²) in [6.45, 7) is 0. The molecule has 0 atom stereocenters. The highest BCUT2D eigenvalue weighted by atomic mass is 35.5. The maximum absolute atomic E-state index is 13.0. The first-order chi connectivity index (χ1) is 13.4. The lowest BCUT2D eigenvalue weighted by Crippen LogP contribution is -2.14. The molecule has 1 aromatic heterocycles. The number of halogens is 2. The highest BCUT2D eigenvalue weighted by Gasteiger charge is 2.24. The molecule has 3 aromatic rings. The van der Waals surface area contributed by atoms with Gasteiger partial charge in [0.25, 0.3) is 10.0 Å². The van der Waals surface area contributed by atoms with Crippen molar-refractivity contribution in [3.05, 3.63) is 65.7 Å². The molecule has 0 radical (unpaired) electrons. The largest absolute Gasteiger partial charge is 0.489 e. The number of hydrogen-bond acceptors (Lipinski definition) is 5. The second-order valence-corrected chi connectivity index (χ2v) is 8.40. The van der Waals surface area contributed by atoms with E-state index < -0.39 is 15.8 Å². The summed E-state index contributed by atoms with van der Waals surface area (Å²) >= 11 is 6.28. The number of sulfonamides is 1. The fourth-order valence-corrected chi connectivity index (χ4v) is 3.73. The first-order valence-electron chi connectivity index (χ1n) is 8.48. The fraction of sp³-hybridized carbons (Fsp3) is 0.158. The number of hydrogen-bond donors (Lipinski definition) is 1. The number of nitrogens with one attached hydrogen (secondary N) is 1. The summed E-state index contributed by atoms with van der Waals surface area (Å²) in [5.41, 5.74) is 1.18. The van der Waals surface area contributed by atoms with Crippen LogP contribution in [0.15, 0.2) is 59.8 Å². The SMILES string of the molecule is O=S(=O)(Nc1cc(-c2ccc(OC3CC3)c(Cl)c2)ncn1)c1ccc(F)cc1. The van der Waals surface area contributed by atoms with E-state index in [9.17, 15) is 12.8 Å². The standard InChI is InChI=1S/C19H15ClFN3O3S/c20-16-9-12(1-8-18(16)27-14-4-5-14)17-10-19(23-11-22-17)24-28(25,26)15-6-2-13(21)3-7-15/h1-3,6-11,14H,4-5H2,(H,22,23,24). The zero-order chi connectivity index (χ0) is 19.7. The van der Waals surface area contributed by atoms with Crippen molar-refractivity contribution in [1.29, 1.82) is 0 Å². The van der Waals surface area contributed by atoms with Crippen LogP contribution >= 0.6 is 11.6 Å². The minimum atomic E-state index is -3.90. The van der Waals surface area contributed by atoms with E-state index in [1.54, 1.807) is 18.2 Å². The molecular weight excluding hydrogens is 405 g/mol. The minimum absolute atomic E-state index is 0.0707. The second-order valence-electron chi connectivity index (χ2n) is 6.31. The lowest BCUT2D eigenvalue weighted by molar-refractivity contribution is 0.303. The quantitative estimate of drug-likeness (QED) is 0.645. The molecule has 0 aliphatic heterocycles. The van der Waals surface area contributed by atoms with Gasteiger partial charge in [-0.3, -0.25) is 4.72 Å². The van der Waals surface area contributed by atoms with E-state index >= 15 is 0 Å². The lowest BCUT2D eigenvalue weighted by atomic mass is 10.1. The Morgan fingerprint density at radius 3 is 2.50 bits per heavy atom. The molecule has 28 heavy (non-hydrogen) atoms. The Balaban J connectivity index is 1.57. The molecule has 0 unspecified atom stereocenters. The van der Waals surface area contributed by atoms with Gasteiger partial charge in [0.2, 0.25) is 0 Å². The van der Waals surface area contributed by atoms with Gasteiger partial charge in [-0.05, 0) is 55.3 Å². The van der Waals surface area contributed by atoms with Gasteiger partial charge >= 0.3 is 0 Å². The summed E-state index contributed by atoms with van der Waals surface area (Å²) in [4.78, 5) is 8.05. The first kappa shape index (κ1) is 18.6. The van der Waals surface area contributed by atoms with Crippen LogP contribution in [0.4, 0.5) is 10.2 Å². The predicted octanol–water partition coefficient (Wildman–Crippen LogP) is 4.28. The van der Waals surface area contributed by atoms with Gasteiger partial charge in [-0.1, -0.05) is 11.6 Å². The van der Waals surface area contributed by atoms with Crippen molar-refractivity contribution in [3.63, 3.8) is 0 Å². The van der Waals surface area contributed by atoms with Crippen molar-refractivity contribution in [1.82, 2.24) is 9.97 Å². The van der Waals surface area contributed by atoms with Crippen molar-refractivity contribution in [2.24, 2.45) is 0 Å². The molecule has 1 heterocycles. The number of anilines is 1. The summed E-state index contributed by atoms with van der Waals surface area (Å²) in [7, 11) is -3.90. The van der Waals surface area contributed by atoms with Crippen molar-refractivity contribution >= 4 is 27.4 Å². The topological polar surface area (TPSA) is 81.2 Å². The molecule has 1 aliphatic rings. The molecule has 144 valence electrons. The summed E-state index contributed by atoms with van der Waals surface area (Å²) in [5.74, 6) is 0.178. The Morgan fingerprint density at radius 1 is 1.07 bits per heavy atom. The van der Waals surface area contributed by atoms with Crippen LogP contribution in [-0.4, -0.2) is 24.5 Å². The van der Waals surface area contributed by atoms with Gasteiger partial charge in [-0.2, -0.15) is 0 Å². The van der Waals surface area contributed by atoms with Crippen molar-refractivity contribution in [2.45, 2.75) is 23.8 Å². The van der Waals surface area contributed by atoms with Gasteiger partial charge < -0.3 is 4.74 Å². The van der Waals surface area contributed by atoms with Gasteiger partial charge in [0.15, 0.2) is 0 Å². The molecule has 9 heteroatoms. The van der Waals surface area contributed by atoms with E-state index in [0.29, 0.717) is 22.0 Å². The van der Waals surface area contributed by atoms with Crippen LogP contribution in [0.2, 0.25) is 5.02 Å². The van der Waals surface area contributed by atoms with Crippen molar-refractivity contribution in [2.75, 3.05) is 4.72 Å². The highest BCUT2D eigenvalue weighted by Crippen LogP contribution is 2.34. The van der Waals surface area contributed by atoms with E-state index in [0.717, 1.165) is 25.0 Å². The summed E-state index contributed by atoms with van der Waals surface area (Å²) in [6.07, 6.45) is 3.54. The molecule has 0 bridgehead atoms. The summed E-state index contributed by atoms with van der Waals surface area (Å²) < 4.78 is 46.0. The third-order valence-corrected chi connectivity index (χ3v) is 5.74. The number of rotatable bonds is 6. The highest BCUT2D eigenvalue weighted by molar-refractivity contribution is 7.92. The molecule has 4 rings (SSSR count). The van der Waals surface area contributed by atoms with Crippen LogP contribution < -0.4 is 9.46 Å². The molecule has 1 fully saturated rings. The molecule has 1 N–H and O–H groups in total. The smallest absolute Gasteiger partial charge is 0.263 e. The molecular formula is C19H15ClFN3O3S. The van der Waals surface area contributed by atoms with E-state index in [-0.39, 0.29) is 16.8 Å². The Morgan fingerprint density at radius 2 is 1.82 bits per heavy atom.